The molecule has 1 rings (SSSR count). The first-order valence-electron chi connectivity index (χ1n) is 8.48. The Labute approximate surface area is 147 Å². The van der Waals surface area contributed by atoms with Gasteiger partial charge in [-0.2, -0.15) is 0 Å². The maximum atomic E-state index is 10.1. The van der Waals surface area contributed by atoms with E-state index in [1.807, 2.05) is 6.92 Å². The van der Waals surface area contributed by atoms with Gasteiger partial charge in [-0.1, -0.05) is 13.3 Å². The molecule has 1 aromatic heterocycles. The van der Waals surface area contributed by atoms with Crippen LogP contribution in [0.5, 0.6) is 0 Å². The van der Waals surface area contributed by atoms with Gasteiger partial charge in [-0.05, 0) is 25.8 Å². The van der Waals surface area contributed by atoms with Crippen molar-refractivity contribution >= 4 is 0 Å². The van der Waals surface area contributed by atoms with Crippen LogP contribution < -0.4 is 5.32 Å². The van der Waals surface area contributed by atoms with Crippen molar-refractivity contribution in [1.29, 1.82) is 0 Å². The standard InChI is InChI=1S/C16H29N3O6/c1-2-3-7-17-15(22)14(21)8-13(20)12-10-18-11(9-19-12)5-4-6-16(23,24)25/h9-10,13-15,17,20-25H,2-8H2,1H3. The number of aryl methyl sites for hydroxylation is 1. The van der Waals surface area contributed by atoms with Crippen molar-refractivity contribution < 1.29 is 30.6 Å². The molecule has 3 atom stereocenters. The summed E-state index contributed by atoms with van der Waals surface area (Å²) < 4.78 is 0. The van der Waals surface area contributed by atoms with Gasteiger partial charge < -0.3 is 30.6 Å². The molecule has 0 radical (unpaired) electrons. The predicted molar refractivity (Wildman–Crippen MR) is 88.9 cm³/mol. The first-order valence-corrected chi connectivity index (χ1v) is 8.48. The van der Waals surface area contributed by atoms with E-state index in [1.54, 1.807) is 0 Å². The second-order valence-electron chi connectivity index (χ2n) is 6.13. The van der Waals surface area contributed by atoms with Crippen molar-refractivity contribution in [2.45, 2.75) is 69.9 Å². The smallest absolute Gasteiger partial charge is 0.275 e. The summed E-state index contributed by atoms with van der Waals surface area (Å²) in [5.74, 6) is -2.69. The molecule has 9 nitrogen and oxygen atoms in total. The van der Waals surface area contributed by atoms with Crippen LogP contribution in [0.4, 0.5) is 0 Å². The number of nitrogens with zero attached hydrogens (tertiary/aromatic N) is 2. The van der Waals surface area contributed by atoms with Gasteiger partial charge in [0.2, 0.25) is 0 Å². The molecule has 0 amide bonds. The van der Waals surface area contributed by atoms with E-state index in [1.165, 1.54) is 12.4 Å². The van der Waals surface area contributed by atoms with Crippen molar-refractivity contribution in [3.8, 4) is 0 Å². The summed E-state index contributed by atoms with van der Waals surface area (Å²) in [4.78, 5) is 8.17. The summed E-state index contributed by atoms with van der Waals surface area (Å²) in [6, 6.07) is 0. The molecule has 144 valence electrons. The maximum Gasteiger partial charge on any atom is 0.275 e. The molecule has 9 heteroatoms. The highest BCUT2D eigenvalue weighted by atomic mass is 16.7. The molecule has 1 heterocycles. The summed E-state index contributed by atoms with van der Waals surface area (Å²) in [6.07, 6.45) is 1.71. The molecule has 25 heavy (non-hydrogen) atoms. The zero-order valence-corrected chi connectivity index (χ0v) is 14.4. The van der Waals surface area contributed by atoms with Crippen LogP contribution in [-0.2, 0) is 6.42 Å². The van der Waals surface area contributed by atoms with E-state index >= 15 is 0 Å². The Hall–Kier alpha value is -1.20. The van der Waals surface area contributed by atoms with Gasteiger partial charge in [0.15, 0.2) is 0 Å². The third-order valence-electron chi connectivity index (χ3n) is 3.72. The number of rotatable bonds is 12. The predicted octanol–water partition coefficient (Wildman–Crippen LogP) is -1.08. The molecule has 0 aliphatic carbocycles. The molecule has 0 bridgehead atoms. The normalized spacial score (nSPS) is 15.8. The minimum atomic E-state index is -2.69. The average molecular weight is 359 g/mol. The topological polar surface area (TPSA) is 159 Å². The lowest BCUT2D eigenvalue weighted by Crippen LogP contribution is -2.41. The van der Waals surface area contributed by atoms with Crippen LogP contribution in [0.2, 0.25) is 0 Å². The lowest BCUT2D eigenvalue weighted by Gasteiger charge is -2.21. The van der Waals surface area contributed by atoms with Crippen LogP contribution in [-0.4, -0.2) is 65.5 Å². The van der Waals surface area contributed by atoms with Gasteiger partial charge in [-0.3, -0.25) is 15.3 Å². The summed E-state index contributed by atoms with van der Waals surface area (Å²) >= 11 is 0. The molecule has 0 aliphatic rings. The fourth-order valence-corrected chi connectivity index (χ4v) is 2.21. The fourth-order valence-electron chi connectivity index (χ4n) is 2.21. The Balaban J connectivity index is 2.43. The quantitative estimate of drug-likeness (QED) is 0.182. The van der Waals surface area contributed by atoms with Crippen LogP contribution in [0, 0.1) is 0 Å². The van der Waals surface area contributed by atoms with Crippen LogP contribution >= 0.6 is 0 Å². The number of hydrogen-bond donors (Lipinski definition) is 7. The average Bonchev–Trinajstić information content (AvgIpc) is 2.54. The Kier molecular flexibility index (Phi) is 9.36. The second kappa shape index (κ2) is 10.7. The molecule has 0 aromatic carbocycles. The number of aliphatic hydroxyl groups excluding tert-OH is 3. The summed E-state index contributed by atoms with van der Waals surface area (Å²) in [7, 11) is 0. The van der Waals surface area contributed by atoms with Crippen molar-refractivity contribution in [3.05, 3.63) is 23.8 Å². The van der Waals surface area contributed by atoms with E-state index in [9.17, 15) is 15.3 Å². The fraction of sp³-hybridized carbons (Fsp3) is 0.750. The Morgan fingerprint density at radius 3 is 2.36 bits per heavy atom. The zero-order chi connectivity index (χ0) is 18.9. The Morgan fingerprint density at radius 1 is 1.08 bits per heavy atom. The summed E-state index contributed by atoms with van der Waals surface area (Å²) in [5, 5.41) is 59.0. The van der Waals surface area contributed by atoms with Gasteiger partial charge in [0.25, 0.3) is 5.97 Å². The van der Waals surface area contributed by atoms with Crippen LogP contribution in [0.3, 0.4) is 0 Å². The number of unbranched alkanes of at least 4 members (excludes halogenated alkanes) is 1. The molecule has 0 aliphatic heterocycles. The first-order chi connectivity index (χ1) is 11.7. The van der Waals surface area contributed by atoms with E-state index < -0.39 is 24.4 Å². The van der Waals surface area contributed by atoms with E-state index in [2.05, 4.69) is 15.3 Å². The van der Waals surface area contributed by atoms with E-state index in [4.69, 9.17) is 15.3 Å². The highest BCUT2D eigenvalue weighted by Gasteiger charge is 2.22. The van der Waals surface area contributed by atoms with Crippen LogP contribution in [0.1, 0.15) is 56.5 Å². The number of aliphatic hydroxyl groups is 6. The number of hydrogen-bond acceptors (Lipinski definition) is 9. The largest absolute Gasteiger partial charge is 0.389 e. The second-order valence-corrected chi connectivity index (χ2v) is 6.13. The summed E-state index contributed by atoms with van der Waals surface area (Å²) in [6.45, 7) is 2.60. The van der Waals surface area contributed by atoms with Gasteiger partial charge in [-0.15, -0.1) is 0 Å². The molecule has 3 unspecified atom stereocenters. The third-order valence-corrected chi connectivity index (χ3v) is 3.72. The van der Waals surface area contributed by atoms with Gasteiger partial charge in [0, 0.05) is 19.0 Å². The monoisotopic (exact) mass is 359 g/mol. The highest BCUT2D eigenvalue weighted by molar-refractivity contribution is 5.05. The van der Waals surface area contributed by atoms with Crippen LogP contribution in [0.15, 0.2) is 12.4 Å². The van der Waals surface area contributed by atoms with Gasteiger partial charge in [-0.25, -0.2) is 0 Å². The molecular weight excluding hydrogens is 330 g/mol. The van der Waals surface area contributed by atoms with Crippen molar-refractivity contribution in [2.24, 2.45) is 0 Å². The number of nitrogens with one attached hydrogen (secondary N) is 1. The van der Waals surface area contributed by atoms with Crippen molar-refractivity contribution in [1.82, 2.24) is 15.3 Å². The van der Waals surface area contributed by atoms with Crippen molar-refractivity contribution in [3.63, 3.8) is 0 Å². The minimum Gasteiger partial charge on any atom is -0.389 e. The molecule has 0 saturated heterocycles. The molecule has 0 spiro atoms. The molecule has 1 aromatic rings. The highest BCUT2D eigenvalue weighted by Crippen LogP contribution is 2.17. The number of aromatic nitrogens is 2. The Morgan fingerprint density at radius 2 is 1.80 bits per heavy atom. The van der Waals surface area contributed by atoms with Gasteiger partial charge in [0.1, 0.15) is 12.3 Å². The minimum absolute atomic E-state index is 0.0869. The van der Waals surface area contributed by atoms with Crippen LogP contribution in [0.25, 0.3) is 0 Å². The molecule has 0 fully saturated rings. The lowest BCUT2D eigenvalue weighted by atomic mass is 10.1. The summed E-state index contributed by atoms with van der Waals surface area (Å²) in [5.41, 5.74) is 0.839. The SMILES string of the molecule is CCCCNC(O)C(O)CC(O)c1cnc(CCCC(O)(O)O)cn1. The first kappa shape index (κ1) is 21.8. The molecule has 7 N–H and O–H groups in total. The molecule has 0 saturated carbocycles. The third kappa shape index (κ3) is 9.17. The van der Waals surface area contributed by atoms with E-state index in [0.717, 1.165) is 12.8 Å². The van der Waals surface area contributed by atoms with Gasteiger partial charge in [0.05, 0.1) is 23.7 Å². The van der Waals surface area contributed by atoms with E-state index in [-0.39, 0.29) is 18.5 Å². The lowest BCUT2D eigenvalue weighted by molar-refractivity contribution is -0.314. The van der Waals surface area contributed by atoms with Crippen molar-refractivity contribution in [2.75, 3.05) is 6.54 Å². The molecular formula is C16H29N3O6. The van der Waals surface area contributed by atoms with E-state index in [0.29, 0.717) is 25.1 Å². The van der Waals surface area contributed by atoms with Gasteiger partial charge >= 0.3 is 0 Å². The Bertz CT molecular complexity index is 480. The zero-order valence-electron chi connectivity index (χ0n) is 14.4. The maximum absolute atomic E-state index is 10.1.